The van der Waals surface area contributed by atoms with Crippen LogP contribution in [0.5, 0.6) is 0 Å². The molecule has 16 heteroatoms. The Bertz CT molecular complexity index is 981. The fourth-order valence-electron chi connectivity index (χ4n) is 2.83. The molecule has 1 aromatic heterocycles. The molecule has 13 nitrogen and oxygen atoms in total. The molecule has 1 saturated heterocycles. The third-order valence-corrected chi connectivity index (χ3v) is 6.08. The summed E-state index contributed by atoms with van der Waals surface area (Å²) in [4.78, 5) is 57.2. The Morgan fingerprint density at radius 1 is 1.48 bits per heavy atom. The average Bonchev–Trinajstić information content (AvgIpc) is 3.11. The monoisotopic (exact) mass is 478 g/mol. The van der Waals surface area contributed by atoms with Crippen molar-refractivity contribution < 1.29 is 63.9 Å². The number of nitrogen functional groups attached to an aromatic ring is 1. The number of anilines is 1. The van der Waals surface area contributed by atoms with Crippen LogP contribution >= 0.6 is 23.1 Å². The van der Waals surface area contributed by atoms with Gasteiger partial charge < -0.3 is 26.2 Å². The molecule has 160 valence electrons. The number of carboxylic acid groups (broad SMARTS) is 1. The van der Waals surface area contributed by atoms with Gasteiger partial charge in [0.05, 0.1) is 18.3 Å². The van der Waals surface area contributed by atoms with E-state index in [-0.39, 0.29) is 64.0 Å². The first-order chi connectivity index (χ1) is 14.2. The van der Waals surface area contributed by atoms with Crippen LogP contribution in [0.2, 0.25) is 0 Å². The van der Waals surface area contributed by atoms with Crippen LogP contribution in [0.3, 0.4) is 0 Å². The van der Waals surface area contributed by atoms with Gasteiger partial charge in [0.15, 0.2) is 10.8 Å². The molecule has 5 N–H and O–H groups in total. The number of oxime groups is 1. The molecule has 1 fully saturated rings. The van der Waals surface area contributed by atoms with E-state index in [0.29, 0.717) is 0 Å². The first kappa shape index (κ1) is 25.1. The zero-order chi connectivity index (χ0) is 22.0. The largest absolute Gasteiger partial charge is 1.00 e. The standard InChI is InChI=1S/C15H16N6O7S2.Na/c1-5(22)20-28-2-6-3-29-13-9(12(24)21(13)10(6)14(25)26)18-11(23)8(19-27)7-4-30-15(16)17-7;/h4,9,13,27H,2-3H2,1H3,(H2,16,17)(H,18,23)(H,20,22)(H,25,26);/q;+1/p-1/t9?,13-;/m1./s1. The van der Waals surface area contributed by atoms with Gasteiger partial charge in [0.25, 0.3) is 11.8 Å². The van der Waals surface area contributed by atoms with Gasteiger partial charge >= 0.3 is 29.6 Å². The normalized spacial score (nSPS) is 20.4. The number of β-lactam (4-membered cyclic amide) rings is 1. The summed E-state index contributed by atoms with van der Waals surface area (Å²) in [5, 5.41) is 26.9. The zero-order valence-electron chi connectivity index (χ0n) is 16.3. The van der Waals surface area contributed by atoms with E-state index in [9.17, 15) is 24.3 Å². The minimum absolute atomic E-state index is 0. The van der Waals surface area contributed by atoms with Crippen molar-refractivity contribution in [3.8, 4) is 0 Å². The number of aromatic nitrogens is 1. The molecular formula is C15H15N6NaO7S2. The molecule has 1 unspecified atom stereocenters. The number of hydrogen-bond donors (Lipinski definition) is 4. The first-order valence-corrected chi connectivity index (χ1v) is 10.2. The first-order valence-electron chi connectivity index (χ1n) is 8.25. The third kappa shape index (κ3) is 5.19. The second kappa shape index (κ2) is 10.4. The van der Waals surface area contributed by atoms with E-state index in [4.69, 9.17) is 15.8 Å². The van der Waals surface area contributed by atoms with E-state index in [0.717, 1.165) is 16.2 Å². The van der Waals surface area contributed by atoms with E-state index in [2.05, 4.69) is 20.9 Å². The van der Waals surface area contributed by atoms with E-state index >= 15 is 0 Å². The van der Waals surface area contributed by atoms with Crippen molar-refractivity contribution in [2.24, 2.45) is 5.16 Å². The minimum Gasteiger partial charge on any atom is -0.543 e. The van der Waals surface area contributed by atoms with Crippen molar-refractivity contribution in [3.05, 3.63) is 22.3 Å². The average molecular weight is 478 g/mol. The van der Waals surface area contributed by atoms with Crippen LogP contribution in [-0.4, -0.2) is 68.3 Å². The van der Waals surface area contributed by atoms with Crippen molar-refractivity contribution in [2.75, 3.05) is 18.1 Å². The van der Waals surface area contributed by atoms with Crippen molar-refractivity contribution in [1.29, 1.82) is 0 Å². The van der Waals surface area contributed by atoms with Gasteiger partial charge in [-0.05, 0) is 5.57 Å². The Balaban J connectivity index is 0.00000341. The van der Waals surface area contributed by atoms with E-state index < -0.39 is 40.8 Å². The molecule has 1 aromatic rings. The summed E-state index contributed by atoms with van der Waals surface area (Å²) in [5.41, 5.74) is 7.03. The van der Waals surface area contributed by atoms with Crippen LogP contribution in [0.15, 0.2) is 21.8 Å². The number of carboxylic acids is 1. The van der Waals surface area contributed by atoms with Crippen molar-refractivity contribution >= 4 is 57.6 Å². The SMILES string of the molecule is CC(=O)NOCC1=C(C(=O)[O-])N2C(=O)C(NC(=O)C(=NO)c3csc(N)n3)[C@H]2SC1.[Na+]. The maximum absolute atomic E-state index is 12.6. The zero-order valence-corrected chi connectivity index (χ0v) is 19.9. The van der Waals surface area contributed by atoms with Crippen LogP contribution in [0, 0.1) is 0 Å². The predicted octanol–water partition coefficient (Wildman–Crippen LogP) is -5.62. The molecule has 3 heterocycles. The topological polar surface area (TPSA) is 199 Å². The van der Waals surface area contributed by atoms with Gasteiger partial charge in [-0.3, -0.25) is 24.1 Å². The van der Waals surface area contributed by atoms with E-state index in [1.54, 1.807) is 0 Å². The molecule has 0 radical (unpaired) electrons. The Hall–Kier alpha value is -2.17. The fraction of sp³-hybridized carbons (Fsp3) is 0.333. The molecule has 2 atom stereocenters. The van der Waals surface area contributed by atoms with Crippen LogP contribution in [0.4, 0.5) is 5.13 Å². The predicted molar refractivity (Wildman–Crippen MR) is 102 cm³/mol. The molecule has 0 aromatic carbocycles. The number of fused-ring (bicyclic) bond motifs is 1. The van der Waals surface area contributed by atoms with Gasteiger partial charge in [-0.2, -0.15) is 0 Å². The van der Waals surface area contributed by atoms with Gasteiger partial charge in [0, 0.05) is 18.1 Å². The molecule has 3 amide bonds. The number of nitrogens with two attached hydrogens (primary N) is 1. The van der Waals surface area contributed by atoms with Crippen LogP contribution in [0.1, 0.15) is 12.6 Å². The van der Waals surface area contributed by atoms with Crippen molar-refractivity contribution in [2.45, 2.75) is 18.3 Å². The molecule has 2 aliphatic rings. The molecule has 31 heavy (non-hydrogen) atoms. The number of aliphatic carboxylic acids is 1. The molecule has 0 spiro atoms. The van der Waals surface area contributed by atoms with E-state index in [1.165, 1.54) is 24.1 Å². The van der Waals surface area contributed by atoms with Gasteiger partial charge in [-0.15, -0.1) is 23.1 Å². The van der Waals surface area contributed by atoms with Gasteiger partial charge in [0.1, 0.15) is 17.1 Å². The van der Waals surface area contributed by atoms with E-state index in [1.807, 2.05) is 0 Å². The number of carbonyl (C=O) groups is 4. The van der Waals surface area contributed by atoms with Gasteiger partial charge in [0.2, 0.25) is 5.91 Å². The summed E-state index contributed by atoms with van der Waals surface area (Å²) in [7, 11) is 0. The number of thioether (sulfide) groups is 1. The summed E-state index contributed by atoms with van der Waals surface area (Å²) in [6.45, 7) is 0.964. The summed E-state index contributed by atoms with van der Waals surface area (Å²) >= 11 is 2.22. The maximum Gasteiger partial charge on any atom is 1.00 e. The molecule has 0 bridgehead atoms. The second-order valence-corrected chi connectivity index (χ2v) is 8.06. The van der Waals surface area contributed by atoms with Gasteiger partial charge in [-0.1, -0.05) is 5.16 Å². The number of hydroxylamine groups is 1. The summed E-state index contributed by atoms with van der Waals surface area (Å²) in [5.74, 6) is -3.46. The third-order valence-electron chi connectivity index (χ3n) is 4.07. The van der Waals surface area contributed by atoms with Gasteiger partial charge in [-0.25, -0.2) is 10.5 Å². The van der Waals surface area contributed by atoms with Crippen molar-refractivity contribution in [3.63, 3.8) is 0 Å². The smallest absolute Gasteiger partial charge is 0.543 e. The Kier molecular flexibility index (Phi) is 8.44. The Morgan fingerprint density at radius 3 is 2.74 bits per heavy atom. The number of nitrogens with zero attached hydrogens (tertiary/aromatic N) is 3. The number of amides is 3. The molecule has 0 saturated carbocycles. The maximum atomic E-state index is 12.6. The number of nitrogens with one attached hydrogen (secondary N) is 2. The number of carbonyl (C=O) groups excluding carboxylic acids is 4. The van der Waals surface area contributed by atoms with Crippen LogP contribution < -0.4 is 51.2 Å². The quantitative estimate of drug-likeness (QED) is 0.0963. The number of hydrogen-bond acceptors (Lipinski definition) is 12. The molecule has 2 aliphatic heterocycles. The molecule has 3 rings (SSSR count). The summed E-state index contributed by atoms with van der Waals surface area (Å²) in [6, 6.07) is -1.05. The fourth-order valence-corrected chi connectivity index (χ4v) is 4.70. The Labute approximate surface area is 205 Å². The molecular weight excluding hydrogens is 463 g/mol. The Morgan fingerprint density at radius 2 is 2.19 bits per heavy atom. The summed E-state index contributed by atoms with van der Waals surface area (Å²) < 4.78 is 0. The summed E-state index contributed by atoms with van der Waals surface area (Å²) in [6.07, 6.45) is 0. The van der Waals surface area contributed by atoms with Crippen molar-refractivity contribution in [1.82, 2.24) is 20.7 Å². The minimum atomic E-state index is -1.59. The second-order valence-electron chi connectivity index (χ2n) is 6.07. The van der Waals surface area contributed by atoms with Crippen LogP contribution in [-0.2, 0) is 24.0 Å². The number of rotatable bonds is 7. The number of thiazole rings is 1. The van der Waals surface area contributed by atoms with Crippen LogP contribution in [0.25, 0.3) is 0 Å². The molecule has 0 aliphatic carbocycles.